The summed E-state index contributed by atoms with van der Waals surface area (Å²) in [6, 6.07) is 0. The molecule has 0 radical (unpaired) electrons. The maximum Gasteiger partial charge on any atom is 0.130 e. The zero-order valence-corrected chi connectivity index (χ0v) is 15.9. The van der Waals surface area contributed by atoms with Crippen LogP contribution < -0.4 is 0 Å². The predicted octanol–water partition coefficient (Wildman–Crippen LogP) is 2.97. The van der Waals surface area contributed by atoms with E-state index in [1.165, 1.54) is 6.42 Å². The van der Waals surface area contributed by atoms with Crippen LogP contribution in [0.25, 0.3) is 0 Å². The second-order valence-electron chi connectivity index (χ2n) is 10.3. The van der Waals surface area contributed by atoms with Crippen molar-refractivity contribution in [1.82, 2.24) is 0 Å². The fraction of sp³-hybridized carbons (Fsp3) is 0.909. The largest absolute Gasteiger partial charge is 0.390 e. The van der Waals surface area contributed by atoms with Gasteiger partial charge in [0.25, 0.3) is 0 Å². The third kappa shape index (κ3) is 2.11. The van der Waals surface area contributed by atoms with Gasteiger partial charge in [-0.25, -0.2) is 0 Å². The van der Waals surface area contributed by atoms with Gasteiger partial charge in [0.15, 0.2) is 0 Å². The molecule has 3 heteroatoms. The molecule has 0 aliphatic heterocycles. The molecule has 0 aromatic rings. The van der Waals surface area contributed by atoms with E-state index in [-0.39, 0.29) is 28.6 Å². The molecule has 10 atom stereocenters. The second-order valence-corrected chi connectivity index (χ2v) is 10.3. The van der Waals surface area contributed by atoms with Crippen molar-refractivity contribution >= 4 is 0 Å². The van der Waals surface area contributed by atoms with Gasteiger partial charge in [-0.15, -0.1) is 6.42 Å². The molecule has 4 aliphatic carbocycles. The van der Waals surface area contributed by atoms with E-state index in [9.17, 15) is 15.3 Å². The maximum absolute atomic E-state index is 11.1. The molecule has 0 bridgehead atoms. The molecule has 3 N–H and O–H groups in total. The standard InChI is InChI=1S/C22H34O3/c1-5-22(25)11-8-15-17-14(7-10-21(15,22)4)20(3)9-6-13(2)12-16(20)18(23)19(17)24/h1,13-19,23-25H,6-12H2,2-4H3/t13-,14-,15-,16+,17?,18+,19?,20+,21-,22-/m0/s1. The first-order chi connectivity index (χ1) is 11.7. The molecule has 0 amide bonds. The van der Waals surface area contributed by atoms with Crippen molar-refractivity contribution in [3.8, 4) is 12.3 Å². The molecule has 140 valence electrons. The Labute approximate surface area is 152 Å². The van der Waals surface area contributed by atoms with E-state index in [0.717, 1.165) is 32.1 Å². The summed E-state index contributed by atoms with van der Waals surface area (Å²) in [6.45, 7) is 6.76. The van der Waals surface area contributed by atoms with Gasteiger partial charge >= 0.3 is 0 Å². The molecule has 25 heavy (non-hydrogen) atoms. The van der Waals surface area contributed by atoms with Crippen molar-refractivity contribution in [2.45, 2.75) is 83.5 Å². The first-order valence-electron chi connectivity index (χ1n) is 10.2. The first-order valence-corrected chi connectivity index (χ1v) is 10.2. The number of fused-ring (bicyclic) bond motifs is 5. The van der Waals surface area contributed by atoms with Crippen LogP contribution in [-0.4, -0.2) is 33.1 Å². The summed E-state index contributed by atoms with van der Waals surface area (Å²) in [5.74, 6) is 4.21. The minimum atomic E-state index is -1.06. The molecular formula is C22H34O3. The van der Waals surface area contributed by atoms with Crippen LogP contribution in [0, 0.1) is 52.8 Å². The summed E-state index contributed by atoms with van der Waals surface area (Å²) >= 11 is 0. The number of aliphatic hydroxyl groups is 3. The minimum Gasteiger partial charge on any atom is -0.390 e. The predicted molar refractivity (Wildman–Crippen MR) is 97.5 cm³/mol. The lowest BCUT2D eigenvalue weighted by Gasteiger charge is -2.63. The highest BCUT2D eigenvalue weighted by atomic mass is 16.3. The van der Waals surface area contributed by atoms with E-state index < -0.39 is 17.8 Å². The summed E-state index contributed by atoms with van der Waals surface area (Å²) in [5.41, 5.74) is -1.30. The monoisotopic (exact) mass is 346 g/mol. The van der Waals surface area contributed by atoms with Crippen LogP contribution in [0.3, 0.4) is 0 Å². The average Bonchev–Trinajstić information content (AvgIpc) is 2.86. The summed E-state index contributed by atoms with van der Waals surface area (Å²) in [7, 11) is 0. The van der Waals surface area contributed by atoms with Gasteiger partial charge in [0.2, 0.25) is 0 Å². The Bertz CT molecular complexity index is 597. The van der Waals surface area contributed by atoms with Crippen molar-refractivity contribution < 1.29 is 15.3 Å². The van der Waals surface area contributed by atoms with Crippen molar-refractivity contribution in [2.75, 3.05) is 0 Å². The Morgan fingerprint density at radius 2 is 1.60 bits per heavy atom. The Morgan fingerprint density at radius 1 is 0.920 bits per heavy atom. The Morgan fingerprint density at radius 3 is 2.28 bits per heavy atom. The normalized spacial score (nSPS) is 60.9. The lowest BCUT2D eigenvalue weighted by molar-refractivity contribution is -0.224. The van der Waals surface area contributed by atoms with Crippen molar-refractivity contribution in [3.05, 3.63) is 0 Å². The third-order valence-electron chi connectivity index (χ3n) is 9.41. The molecule has 0 aromatic carbocycles. The van der Waals surface area contributed by atoms with Crippen LogP contribution in [0.15, 0.2) is 0 Å². The molecular weight excluding hydrogens is 312 g/mol. The number of hydrogen-bond donors (Lipinski definition) is 3. The second kappa shape index (κ2) is 5.47. The zero-order chi connectivity index (χ0) is 18.2. The van der Waals surface area contributed by atoms with Crippen molar-refractivity contribution in [3.63, 3.8) is 0 Å². The highest BCUT2D eigenvalue weighted by molar-refractivity contribution is 5.24. The van der Waals surface area contributed by atoms with Gasteiger partial charge in [0.1, 0.15) is 5.60 Å². The number of hydrogen-bond acceptors (Lipinski definition) is 3. The van der Waals surface area contributed by atoms with E-state index in [0.29, 0.717) is 18.3 Å². The molecule has 4 rings (SSSR count). The molecule has 3 nitrogen and oxygen atoms in total. The van der Waals surface area contributed by atoms with Crippen LogP contribution in [-0.2, 0) is 0 Å². The topological polar surface area (TPSA) is 60.7 Å². The molecule has 4 aliphatic rings. The number of aliphatic hydroxyl groups excluding tert-OH is 2. The van der Waals surface area contributed by atoms with Crippen molar-refractivity contribution in [1.29, 1.82) is 0 Å². The first kappa shape index (κ1) is 17.8. The van der Waals surface area contributed by atoms with Gasteiger partial charge in [-0.2, -0.15) is 0 Å². The van der Waals surface area contributed by atoms with Crippen LogP contribution in [0.4, 0.5) is 0 Å². The molecule has 0 aromatic heterocycles. The quantitative estimate of drug-likeness (QED) is 0.591. The smallest absolute Gasteiger partial charge is 0.130 e. The average molecular weight is 347 g/mol. The fourth-order valence-electron chi connectivity index (χ4n) is 7.71. The lowest BCUT2D eigenvalue weighted by atomic mass is 9.42. The van der Waals surface area contributed by atoms with Gasteiger partial charge in [-0.05, 0) is 73.5 Å². The Balaban J connectivity index is 1.73. The van der Waals surface area contributed by atoms with Crippen LogP contribution in [0.5, 0.6) is 0 Å². The molecule has 4 saturated carbocycles. The highest BCUT2D eigenvalue weighted by Crippen LogP contribution is 2.68. The molecule has 0 saturated heterocycles. The van der Waals surface area contributed by atoms with Gasteiger partial charge in [0.05, 0.1) is 12.2 Å². The molecule has 0 heterocycles. The van der Waals surface area contributed by atoms with Crippen LogP contribution in [0.1, 0.15) is 65.7 Å². The summed E-state index contributed by atoms with van der Waals surface area (Å²) in [6.07, 6.45) is 11.2. The maximum atomic E-state index is 11.1. The molecule has 2 unspecified atom stereocenters. The van der Waals surface area contributed by atoms with E-state index in [1.807, 2.05) is 0 Å². The SMILES string of the molecule is C#C[C@]1(O)CC[C@H]2C3C(O)[C@H](O)[C@H]4C[C@@H](C)CC[C@]4(C)[C@H]3CC[C@@]21C. The highest BCUT2D eigenvalue weighted by Gasteiger charge is 2.67. The van der Waals surface area contributed by atoms with Gasteiger partial charge in [-0.3, -0.25) is 0 Å². The van der Waals surface area contributed by atoms with Crippen LogP contribution >= 0.6 is 0 Å². The molecule has 0 spiro atoms. The van der Waals surface area contributed by atoms with E-state index in [4.69, 9.17) is 6.42 Å². The van der Waals surface area contributed by atoms with Gasteiger partial charge < -0.3 is 15.3 Å². The number of rotatable bonds is 0. The van der Waals surface area contributed by atoms with E-state index in [2.05, 4.69) is 26.7 Å². The Kier molecular flexibility index (Phi) is 3.90. The summed E-state index contributed by atoms with van der Waals surface area (Å²) < 4.78 is 0. The molecule has 4 fully saturated rings. The van der Waals surface area contributed by atoms with E-state index >= 15 is 0 Å². The van der Waals surface area contributed by atoms with Crippen LogP contribution in [0.2, 0.25) is 0 Å². The zero-order valence-electron chi connectivity index (χ0n) is 15.9. The summed E-state index contributed by atoms with van der Waals surface area (Å²) in [4.78, 5) is 0. The lowest BCUT2D eigenvalue weighted by Crippen LogP contribution is -2.64. The third-order valence-corrected chi connectivity index (χ3v) is 9.41. The van der Waals surface area contributed by atoms with Gasteiger partial charge in [-0.1, -0.05) is 33.1 Å². The number of terminal acetylenes is 1. The summed E-state index contributed by atoms with van der Waals surface area (Å²) in [5, 5.41) is 33.2. The Hall–Kier alpha value is -0.560. The van der Waals surface area contributed by atoms with Crippen molar-refractivity contribution in [2.24, 2.45) is 40.4 Å². The minimum absolute atomic E-state index is 0.0609. The van der Waals surface area contributed by atoms with E-state index in [1.54, 1.807) is 0 Å². The fourth-order valence-corrected chi connectivity index (χ4v) is 7.71. The van der Waals surface area contributed by atoms with Gasteiger partial charge in [0, 0.05) is 5.41 Å².